The lowest BCUT2D eigenvalue weighted by Gasteiger charge is -2.24. The normalized spacial score (nSPS) is 17.7. The lowest BCUT2D eigenvalue weighted by Crippen LogP contribution is -2.28. The van der Waals surface area contributed by atoms with Crippen molar-refractivity contribution in [2.45, 2.75) is 33.4 Å². The van der Waals surface area contributed by atoms with E-state index in [1.807, 2.05) is 30.5 Å². The molecule has 6 nitrogen and oxygen atoms in total. The van der Waals surface area contributed by atoms with E-state index >= 15 is 0 Å². The van der Waals surface area contributed by atoms with Crippen molar-refractivity contribution in [3.05, 3.63) is 87.4 Å². The van der Waals surface area contributed by atoms with E-state index < -0.39 is 17.7 Å². The van der Waals surface area contributed by atoms with Crippen LogP contribution in [0.2, 0.25) is 0 Å². The van der Waals surface area contributed by atoms with Crippen molar-refractivity contribution in [1.29, 1.82) is 0 Å². The van der Waals surface area contributed by atoms with Gasteiger partial charge in [-0.2, -0.15) is 0 Å². The first-order valence-electron chi connectivity index (χ1n) is 10.8. The number of hydrogen-bond donors (Lipinski definition) is 1. The first-order chi connectivity index (χ1) is 15.9. The van der Waals surface area contributed by atoms with Gasteiger partial charge in [0, 0.05) is 29.4 Å². The summed E-state index contributed by atoms with van der Waals surface area (Å²) in [4.78, 5) is 32.6. The Balaban J connectivity index is 1.75. The van der Waals surface area contributed by atoms with Gasteiger partial charge in [0.15, 0.2) is 0 Å². The molecule has 1 fully saturated rings. The smallest absolute Gasteiger partial charge is 0.295 e. The Labute approximate surface area is 197 Å². The summed E-state index contributed by atoms with van der Waals surface area (Å²) in [6.07, 6.45) is 3.33. The zero-order chi connectivity index (χ0) is 23.5. The van der Waals surface area contributed by atoms with Crippen LogP contribution in [-0.2, 0) is 16.1 Å². The number of aliphatic hydroxyl groups is 1. The van der Waals surface area contributed by atoms with Crippen LogP contribution in [0.25, 0.3) is 5.76 Å². The van der Waals surface area contributed by atoms with Crippen LogP contribution in [0.15, 0.2) is 65.8 Å². The molecule has 1 atom stereocenters. The summed E-state index contributed by atoms with van der Waals surface area (Å²) in [7, 11) is 0. The molecule has 0 bridgehead atoms. The molecule has 1 amide bonds. The molecule has 170 valence electrons. The molecule has 33 heavy (non-hydrogen) atoms. The molecule has 0 radical (unpaired) electrons. The van der Waals surface area contributed by atoms with Crippen LogP contribution in [-0.4, -0.2) is 33.3 Å². The number of benzene rings is 1. The van der Waals surface area contributed by atoms with Gasteiger partial charge in [0.2, 0.25) is 0 Å². The molecular weight excluding hydrogens is 436 g/mol. The van der Waals surface area contributed by atoms with Crippen molar-refractivity contribution >= 4 is 28.8 Å². The first-order valence-corrected chi connectivity index (χ1v) is 11.7. The van der Waals surface area contributed by atoms with Gasteiger partial charge in [0.05, 0.1) is 18.2 Å². The van der Waals surface area contributed by atoms with E-state index in [0.29, 0.717) is 18.1 Å². The maximum Gasteiger partial charge on any atom is 0.295 e. The van der Waals surface area contributed by atoms with Gasteiger partial charge in [0.25, 0.3) is 11.7 Å². The van der Waals surface area contributed by atoms with Crippen molar-refractivity contribution in [2.75, 3.05) is 6.61 Å². The molecule has 1 aliphatic rings. The van der Waals surface area contributed by atoms with Gasteiger partial charge < -0.3 is 14.7 Å². The standard InChI is InChI=1S/C26H26N2O4S/c1-16(2)15-32-20-9-8-19(12-17(20)3)24(29)22-23(21-7-5-11-33-21)28(26(31)25(22)30)14-18-6-4-10-27-13-18/h4-13,16,23,29H,14-15H2,1-3H3/t23-/m0/s1. The summed E-state index contributed by atoms with van der Waals surface area (Å²) in [6.45, 7) is 6.85. The number of thiophene rings is 1. The van der Waals surface area contributed by atoms with E-state index in [9.17, 15) is 14.7 Å². The summed E-state index contributed by atoms with van der Waals surface area (Å²) in [5.41, 5.74) is 2.23. The fourth-order valence-electron chi connectivity index (χ4n) is 3.84. The highest BCUT2D eigenvalue weighted by Crippen LogP contribution is 2.42. The van der Waals surface area contributed by atoms with Crippen molar-refractivity contribution in [2.24, 2.45) is 5.92 Å². The number of aryl methyl sites for hydroxylation is 1. The Bertz CT molecular complexity index is 1190. The number of rotatable bonds is 7. The molecule has 3 aromatic rings. The maximum atomic E-state index is 13.1. The average molecular weight is 463 g/mol. The molecule has 0 aliphatic carbocycles. The summed E-state index contributed by atoms with van der Waals surface area (Å²) in [6, 6.07) is 12.0. The van der Waals surface area contributed by atoms with Crippen LogP contribution in [0.5, 0.6) is 5.75 Å². The number of nitrogens with zero attached hydrogens (tertiary/aromatic N) is 2. The summed E-state index contributed by atoms with van der Waals surface area (Å²) in [5.74, 6) is -0.384. The lowest BCUT2D eigenvalue weighted by atomic mass is 9.98. The first kappa shape index (κ1) is 22.7. The SMILES string of the molecule is Cc1cc(C(O)=C2C(=O)C(=O)N(Cc3cccnc3)[C@H]2c2cccs2)ccc1OCC(C)C. The van der Waals surface area contributed by atoms with Crippen LogP contribution in [0.4, 0.5) is 0 Å². The van der Waals surface area contributed by atoms with Crippen molar-refractivity contribution in [1.82, 2.24) is 9.88 Å². The molecular formula is C26H26N2O4S. The number of likely N-dealkylation sites (tertiary alicyclic amines) is 1. The molecule has 1 N–H and O–H groups in total. The quantitative estimate of drug-likeness (QED) is 0.300. The third kappa shape index (κ3) is 4.68. The molecule has 3 heterocycles. The van der Waals surface area contributed by atoms with Crippen molar-refractivity contribution in [3.63, 3.8) is 0 Å². The van der Waals surface area contributed by atoms with E-state index in [1.54, 1.807) is 36.7 Å². The second kappa shape index (κ2) is 9.58. The minimum Gasteiger partial charge on any atom is -0.507 e. The molecule has 7 heteroatoms. The third-order valence-electron chi connectivity index (χ3n) is 5.45. The van der Waals surface area contributed by atoms with Gasteiger partial charge in [-0.25, -0.2) is 0 Å². The Morgan fingerprint density at radius 2 is 2.03 bits per heavy atom. The maximum absolute atomic E-state index is 13.1. The predicted octanol–water partition coefficient (Wildman–Crippen LogP) is 5.11. The largest absolute Gasteiger partial charge is 0.507 e. The van der Waals surface area contributed by atoms with Crippen LogP contribution in [0.3, 0.4) is 0 Å². The van der Waals surface area contributed by atoms with Crippen LogP contribution in [0.1, 0.15) is 41.5 Å². The number of carbonyl (C=O) groups excluding carboxylic acids is 2. The molecule has 1 aromatic carbocycles. The van der Waals surface area contributed by atoms with Crippen LogP contribution < -0.4 is 4.74 Å². The molecule has 0 saturated carbocycles. The van der Waals surface area contributed by atoms with Gasteiger partial charge in [-0.15, -0.1) is 11.3 Å². The van der Waals surface area contributed by atoms with E-state index in [4.69, 9.17) is 4.74 Å². The number of aromatic nitrogens is 1. The predicted molar refractivity (Wildman–Crippen MR) is 128 cm³/mol. The zero-order valence-corrected chi connectivity index (χ0v) is 19.6. The van der Waals surface area contributed by atoms with Gasteiger partial charge in [-0.1, -0.05) is 26.0 Å². The Kier molecular flexibility index (Phi) is 6.60. The Morgan fingerprint density at radius 3 is 2.67 bits per heavy atom. The van der Waals surface area contributed by atoms with Gasteiger partial charge in [-0.05, 0) is 59.7 Å². The summed E-state index contributed by atoms with van der Waals surface area (Å²) < 4.78 is 5.83. The molecule has 0 unspecified atom stereocenters. The summed E-state index contributed by atoms with van der Waals surface area (Å²) >= 11 is 1.44. The van der Waals surface area contributed by atoms with E-state index in [2.05, 4.69) is 18.8 Å². The fourth-order valence-corrected chi connectivity index (χ4v) is 4.69. The number of ether oxygens (including phenoxy) is 1. The molecule has 2 aromatic heterocycles. The minimum atomic E-state index is -0.687. The second-order valence-corrected chi connectivity index (χ2v) is 9.47. The van der Waals surface area contributed by atoms with E-state index in [1.165, 1.54) is 16.2 Å². The number of amides is 1. The highest BCUT2D eigenvalue weighted by Gasteiger charge is 2.46. The Morgan fingerprint density at radius 1 is 1.21 bits per heavy atom. The molecule has 0 spiro atoms. The minimum absolute atomic E-state index is 0.0987. The zero-order valence-electron chi connectivity index (χ0n) is 18.8. The van der Waals surface area contributed by atoms with Crippen molar-refractivity contribution < 1.29 is 19.4 Å². The third-order valence-corrected chi connectivity index (χ3v) is 6.37. The average Bonchev–Trinajstić information content (AvgIpc) is 3.41. The topological polar surface area (TPSA) is 79.7 Å². The van der Waals surface area contributed by atoms with E-state index in [0.717, 1.165) is 21.8 Å². The summed E-state index contributed by atoms with van der Waals surface area (Å²) in [5, 5.41) is 13.1. The number of pyridine rings is 1. The number of hydrogen-bond acceptors (Lipinski definition) is 6. The van der Waals surface area contributed by atoms with Gasteiger partial charge in [-0.3, -0.25) is 14.6 Å². The van der Waals surface area contributed by atoms with Crippen molar-refractivity contribution in [3.8, 4) is 5.75 Å². The van der Waals surface area contributed by atoms with E-state index in [-0.39, 0.29) is 17.9 Å². The monoisotopic (exact) mass is 462 g/mol. The molecule has 1 saturated heterocycles. The number of ketones is 1. The Hall–Kier alpha value is -3.45. The van der Waals surface area contributed by atoms with Crippen LogP contribution >= 0.6 is 11.3 Å². The second-order valence-electron chi connectivity index (χ2n) is 8.49. The molecule has 1 aliphatic heterocycles. The van der Waals surface area contributed by atoms with Crippen LogP contribution in [0, 0.1) is 12.8 Å². The highest BCUT2D eigenvalue weighted by atomic mass is 32.1. The number of carbonyl (C=O) groups is 2. The van der Waals surface area contributed by atoms with Gasteiger partial charge in [0.1, 0.15) is 11.5 Å². The highest BCUT2D eigenvalue weighted by molar-refractivity contribution is 7.10. The number of Topliss-reactive ketones (excluding diaryl/α,β-unsaturated/α-hetero) is 1. The van der Waals surface area contributed by atoms with Gasteiger partial charge >= 0.3 is 0 Å². The molecule has 4 rings (SSSR count). The lowest BCUT2D eigenvalue weighted by molar-refractivity contribution is -0.140. The number of aliphatic hydroxyl groups excluding tert-OH is 1. The fraction of sp³-hybridized carbons (Fsp3) is 0.269.